The van der Waals surface area contributed by atoms with Crippen LogP contribution in [0.3, 0.4) is 0 Å². The van der Waals surface area contributed by atoms with Crippen molar-refractivity contribution < 1.29 is 9.53 Å². The fourth-order valence-electron chi connectivity index (χ4n) is 2.42. The average molecular weight is 297 g/mol. The second-order valence-corrected chi connectivity index (χ2v) is 6.51. The predicted octanol–water partition coefficient (Wildman–Crippen LogP) is 2.09. The van der Waals surface area contributed by atoms with E-state index in [2.05, 4.69) is 25.8 Å². The Morgan fingerprint density at radius 1 is 1.40 bits per heavy atom. The second-order valence-electron chi connectivity index (χ2n) is 6.12. The molecule has 1 aliphatic heterocycles. The lowest BCUT2D eigenvalue weighted by Gasteiger charge is -2.27. The fourth-order valence-corrected chi connectivity index (χ4v) is 2.67. The minimum atomic E-state index is 0.00950. The van der Waals surface area contributed by atoms with Crippen molar-refractivity contribution in [2.24, 2.45) is 0 Å². The third-order valence-electron chi connectivity index (χ3n) is 3.55. The molecular weight excluding hydrogens is 274 g/mol. The molecule has 1 aliphatic rings. The smallest absolute Gasteiger partial charge is 0.224 e. The molecule has 2 rings (SSSR count). The zero-order chi connectivity index (χ0) is 14.8. The number of aromatic nitrogens is 2. The van der Waals surface area contributed by atoms with Crippen LogP contribution in [0.2, 0.25) is 0 Å². The average Bonchev–Trinajstić information content (AvgIpc) is 2.78. The fraction of sp³-hybridized carbons (Fsp3) is 0.714. The lowest BCUT2D eigenvalue weighted by atomic mass is 9.92. The first-order valence-corrected chi connectivity index (χ1v) is 7.44. The molecule has 0 atom stereocenters. The van der Waals surface area contributed by atoms with E-state index in [1.165, 1.54) is 0 Å². The lowest BCUT2D eigenvalue weighted by molar-refractivity contribution is -0.135. The molecule has 20 heavy (non-hydrogen) atoms. The van der Waals surface area contributed by atoms with Crippen molar-refractivity contribution in [1.82, 2.24) is 14.5 Å². The Balaban J connectivity index is 2.02. The first-order valence-electron chi connectivity index (χ1n) is 7.04. The molecule has 2 heterocycles. The molecule has 1 fully saturated rings. The maximum atomic E-state index is 12.2. The van der Waals surface area contributed by atoms with Crippen LogP contribution < -0.4 is 0 Å². The van der Waals surface area contributed by atoms with Crippen LogP contribution in [0, 0.1) is 4.77 Å². The molecule has 1 N–H and O–H groups in total. The number of imidazole rings is 1. The molecule has 1 saturated heterocycles. The van der Waals surface area contributed by atoms with Gasteiger partial charge in [0, 0.05) is 43.4 Å². The molecule has 0 saturated carbocycles. The Bertz CT molecular complexity index is 521. The molecule has 0 bridgehead atoms. The Morgan fingerprint density at radius 2 is 2.05 bits per heavy atom. The maximum absolute atomic E-state index is 12.2. The van der Waals surface area contributed by atoms with E-state index in [1.54, 1.807) is 0 Å². The highest BCUT2D eigenvalue weighted by atomic mass is 32.1. The van der Waals surface area contributed by atoms with Crippen LogP contribution in [0.5, 0.6) is 0 Å². The number of ether oxygens (including phenoxy) is 1. The van der Waals surface area contributed by atoms with E-state index in [0.717, 1.165) is 5.69 Å². The number of hydrogen-bond donors (Lipinski definition) is 1. The zero-order valence-corrected chi connectivity index (χ0v) is 13.3. The van der Waals surface area contributed by atoms with Crippen molar-refractivity contribution in [3.63, 3.8) is 0 Å². The van der Waals surface area contributed by atoms with Gasteiger partial charge in [-0.05, 0) is 12.2 Å². The van der Waals surface area contributed by atoms with Crippen molar-refractivity contribution >= 4 is 18.1 Å². The summed E-state index contributed by atoms with van der Waals surface area (Å²) in [5, 5.41) is 0. The summed E-state index contributed by atoms with van der Waals surface area (Å²) in [7, 11) is 0. The minimum absolute atomic E-state index is 0.00950. The van der Waals surface area contributed by atoms with E-state index in [1.807, 2.05) is 15.7 Å². The first kappa shape index (κ1) is 15.3. The zero-order valence-electron chi connectivity index (χ0n) is 12.4. The van der Waals surface area contributed by atoms with E-state index >= 15 is 0 Å². The van der Waals surface area contributed by atoms with Crippen LogP contribution in [0.1, 0.15) is 32.9 Å². The molecule has 0 radical (unpaired) electrons. The molecule has 5 nitrogen and oxygen atoms in total. The van der Waals surface area contributed by atoms with Gasteiger partial charge in [-0.25, -0.2) is 0 Å². The summed E-state index contributed by atoms with van der Waals surface area (Å²) in [6, 6.07) is 0. The largest absolute Gasteiger partial charge is 0.378 e. The number of carbonyl (C=O) groups is 1. The number of aromatic amines is 1. The number of carbonyl (C=O) groups excluding carboxylic acids is 1. The van der Waals surface area contributed by atoms with Gasteiger partial charge in [-0.1, -0.05) is 20.8 Å². The van der Waals surface area contributed by atoms with Gasteiger partial charge in [0.2, 0.25) is 5.91 Å². The Kier molecular flexibility index (Phi) is 4.65. The Hall–Kier alpha value is -1.14. The molecule has 0 spiro atoms. The monoisotopic (exact) mass is 297 g/mol. The van der Waals surface area contributed by atoms with E-state index in [0.29, 0.717) is 44.0 Å². The Labute approximate surface area is 124 Å². The highest BCUT2D eigenvalue weighted by molar-refractivity contribution is 7.71. The molecule has 0 aliphatic carbocycles. The minimum Gasteiger partial charge on any atom is -0.378 e. The standard InChI is InChI=1S/C14H23N3O2S/c1-14(2,3)11-10-15-13(20)17(11)5-4-12(18)16-6-8-19-9-7-16/h10H,4-9H2,1-3H3,(H,15,20). The molecule has 1 amide bonds. The molecule has 1 aromatic rings. The first-order chi connectivity index (χ1) is 9.39. The number of amides is 1. The number of H-pyrrole nitrogens is 1. The van der Waals surface area contributed by atoms with Crippen molar-refractivity contribution in [2.75, 3.05) is 26.3 Å². The van der Waals surface area contributed by atoms with Crippen LogP contribution >= 0.6 is 12.2 Å². The van der Waals surface area contributed by atoms with Gasteiger partial charge < -0.3 is 19.2 Å². The van der Waals surface area contributed by atoms with Crippen LogP contribution in [0.15, 0.2) is 6.20 Å². The number of rotatable bonds is 3. The quantitative estimate of drug-likeness (QED) is 0.869. The van der Waals surface area contributed by atoms with Crippen molar-refractivity contribution in [3.8, 4) is 0 Å². The van der Waals surface area contributed by atoms with E-state index in [9.17, 15) is 4.79 Å². The molecule has 6 heteroatoms. The van der Waals surface area contributed by atoms with E-state index < -0.39 is 0 Å². The second kappa shape index (κ2) is 6.10. The Morgan fingerprint density at radius 3 is 2.65 bits per heavy atom. The summed E-state index contributed by atoms with van der Waals surface area (Å²) in [6.45, 7) is 9.74. The molecular formula is C14H23N3O2S. The summed E-state index contributed by atoms with van der Waals surface area (Å²) >= 11 is 5.31. The van der Waals surface area contributed by atoms with E-state index in [-0.39, 0.29) is 11.3 Å². The van der Waals surface area contributed by atoms with Crippen molar-refractivity contribution in [3.05, 3.63) is 16.7 Å². The lowest BCUT2D eigenvalue weighted by Crippen LogP contribution is -2.41. The number of nitrogens with one attached hydrogen (secondary N) is 1. The third kappa shape index (κ3) is 3.49. The SMILES string of the molecule is CC(C)(C)c1c[nH]c(=S)n1CCC(=O)N1CCOCC1. The highest BCUT2D eigenvalue weighted by Crippen LogP contribution is 2.22. The van der Waals surface area contributed by atoms with Crippen LogP contribution in [-0.2, 0) is 21.5 Å². The van der Waals surface area contributed by atoms with Gasteiger partial charge in [0.1, 0.15) is 0 Å². The number of hydrogen-bond acceptors (Lipinski definition) is 3. The van der Waals surface area contributed by atoms with Crippen molar-refractivity contribution in [1.29, 1.82) is 0 Å². The maximum Gasteiger partial charge on any atom is 0.224 e. The summed E-state index contributed by atoms with van der Waals surface area (Å²) in [5.41, 5.74) is 1.15. The van der Waals surface area contributed by atoms with Crippen LogP contribution in [0.4, 0.5) is 0 Å². The van der Waals surface area contributed by atoms with Gasteiger partial charge >= 0.3 is 0 Å². The van der Waals surface area contributed by atoms with Gasteiger partial charge in [-0.2, -0.15) is 0 Å². The van der Waals surface area contributed by atoms with Gasteiger partial charge in [0.15, 0.2) is 4.77 Å². The van der Waals surface area contributed by atoms with Crippen LogP contribution in [-0.4, -0.2) is 46.7 Å². The molecule has 0 aromatic carbocycles. The summed E-state index contributed by atoms with van der Waals surface area (Å²) < 4.78 is 7.98. The number of nitrogens with zero attached hydrogens (tertiary/aromatic N) is 2. The summed E-state index contributed by atoms with van der Waals surface area (Å²) in [4.78, 5) is 17.1. The highest BCUT2D eigenvalue weighted by Gasteiger charge is 2.21. The van der Waals surface area contributed by atoms with Gasteiger partial charge in [0.05, 0.1) is 13.2 Å². The third-order valence-corrected chi connectivity index (χ3v) is 3.89. The topological polar surface area (TPSA) is 50.3 Å². The molecule has 112 valence electrons. The molecule has 1 aromatic heterocycles. The van der Waals surface area contributed by atoms with Gasteiger partial charge in [-0.15, -0.1) is 0 Å². The summed E-state index contributed by atoms with van der Waals surface area (Å²) in [6.07, 6.45) is 2.43. The van der Waals surface area contributed by atoms with Gasteiger partial charge in [-0.3, -0.25) is 4.79 Å². The molecule has 0 unspecified atom stereocenters. The normalized spacial score (nSPS) is 16.4. The van der Waals surface area contributed by atoms with Crippen molar-refractivity contribution in [2.45, 2.75) is 39.2 Å². The number of morpholine rings is 1. The van der Waals surface area contributed by atoms with E-state index in [4.69, 9.17) is 17.0 Å². The van der Waals surface area contributed by atoms with Crippen LogP contribution in [0.25, 0.3) is 0 Å². The van der Waals surface area contributed by atoms with Gasteiger partial charge in [0.25, 0.3) is 0 Å². The summed E-state index contributed by atoms with van der Waals surface area (Å²) in [5.74, 6) is 0.177. The predicted molar refractivity (Wildman–Crippen MR) is 80.3 cm³/mol.